The van der Waals surface area contributed by atoms with Crippen molar-refractivity contribution in [3.63, 3.8) is 0 Å². The summed E-state index contributed by atoms with van der Waals surface area (Å²) in [4.78, 5) is 68.8. The number of halogens is 2. The second-order valence-corrected chi connectivity index (χ2v) is 17.9. The Morgan fingerprint density at radius 2 is 1.70 bits per heavy atom. The number of nitrogens with one attached hydrogen (secondary N) is 3. The summed E-state index contributed by atoms with van der Waals surface area (Å²) in [6.45, 7) is 14.1. The molecule has 19 heteroatoms. The van der Waals surface area contributed by atoms with Crippen LogP contribution in [0.2, 0.25) is 0 Å². The number of aldehydes is 1. The summed E-state index contributed by atoms with van der Waals surface area (Å²) in [6, 6.07) is 17.1. The second-order valence-electron chi connectivity index (χ2n) is 17.9. The molecular weight excluding hydrogens is 913 g/mol. The molecule has 1 unspecified atom stereocenters. The first kappa shape index (κ1) is 52.9. The third kappa shape index (κ3) is 13.7. The molecule has 3 aliphatic heterocycles. The molecular formula is C52H63F2N11O6. The largest absolute Gasteiger partial charge is 0.492 e. The average molecular weight is 976 g/mol. The number of piperazine rings is 1. The first-order valence-electron chi connectivity index (χ1n) is 24.0. The number of rotatable bonds is 18. The summed E-state index contributed by atoms with van der Waals surface area (Å²) < 4.78 is 34.9. The van der Waals surface area contributed by atoms with Crippen LogP contribution in [0.25, 0.3) is 16.6 Å². The van der Waals surface area contributed by atoms with Gasteiger partial charge in [-0.2, -0.15) is 10.4 Å². The lowest BCUT2D eigenvalue weighted by Gasteiger charge is -2.40. The van der Waals surface area contributed by atoms with Gasteiger partial charge in [0.25, 0.3) is 11.8 Å². The Kier molecular flexibility index (Phi) is 18.9. The molecule has 0 bridgehead atoms. The molecule has 376 valence electrons. The second kappa shape index (κ2) is 25.4. The van der Waals surface area contributed by atoms with Crippen LogP contribution in [0.3, 0.4) is 0 Å². The Morgan fingerprint density at radius 1 is 0.944 bits per heavy atom. The van der Waals surface area contributed by atoms with Crippen LogP contribution in [0.4, 0.5) is 20.3 Å². The summed E-state index contributed by atoms with van der Waals surface area (Å²) in [6.07, 6.45) is 11.9. The fourth-order valence-electron chi connectivity index (χ4n) is 8.94. The molecule has 3 N–H and O–H groups in total. The Labute approximate surface area is 413 Å². The number of nitrogens with zero attached hydrogens (tertiary/aromatic N) is 8. The monoisotopic (exact) mass is 975 g/mol. The maximum absolute atomic E-state index is 14.0. The zero-order chi connectivity index (χ0) is 50.9. The molecule has 0 aliphatic carbocycles. The number of fused-ring (bicyclic) bond motifs is 2. The van der Waals surface area contributed by atoms with E-state index in [4.69, 9.17) is 9.53 Å². The maximum Gasteiger partial charge on any atom is 0.254 e. The van der Waals surface area contributed by atoms with Crippen LogP contribution >= 0.6 is 0 Å². The highest BCUT2D eigenvalue weighted by atomic mass is 19.1. The smallest absolute Gasteiger partial charge is 0.254 e. The zero-order valence-electron chi connectivity index (χ0n) is 40.8. The molecule has 2 saturated heterocycles. The summed E-state index contributed by atoms with van der Waals surface area (Å²) in [5, 5.41) is 21.7. The lowest BCUT2D eigenvalue weighted by molar-refractivity contribution is -0.110. The number of carbonyl (C=O) groups excluding carboxylic acids is 5. The Bertz CT molecular complexity index is 2660. The highest BCUT2D eigenvalue weighted by molar-refractivity contribution is 5.99. The summed E-state index contributed by atoms with van der Waals surface area (Å²) >= 11 is 0. The standard InChI is InChI=1S/C28H26F2N6O2.C22H32N4O3.C2H5NO/c1-3-38-21-13-22(26-19(14-31)16-33-36(26)17-21)18-4-7-25(32-15-18)35-10-8-28(2,9-11-35)34-27(37)23-12-20(29)5-6-24(23)30;1-18(5-4-14-27)26-16-19-15-20(6-7-21(19)22(26)29)25-12-10-24(11-13-25)9-3-2-8-23-17-28;1-3-2-4/h4-7,12-13,15-17H,3,8-11H2,1-2H3,(H,34,37);6-7,14-15,17-18H,2-5,8-13,16H2,1H3,(H,23,28);2H,1H3,(H,3,4). The van der Waals surface area contributed by atoms with Gasteiger partial charge in [0.2, 0.25) is 12.8 Å². The quantitative estimate of drug-likeness (QED) is 0.0711. The van der Waals surface area contributed by atoms with Crippen molar-refractivity contribution in [2.75, 3.05) is 75.8 Å². The van der Waals surface area contributed by atoms with Gasteiger partial charge >= 0.3 is 0 Å². The SMILES string of the molecule is CC(CCC=O)N1Cc2cc(N3CCN(CCCCNC=O)CC3)ccc2C1=O.CCOc1cc(-c2ccc(N3CCC(C)(NC(=O)c4cc(F)ccc4F)CC3)nc2)c2c(C#N)cnn2c1.CNC=O. The third-order valence-electron chi connectivity index (χ3n) is 13.0. The molecule has 1 atom stereocenters. The summed E-state index contributed by atoms with van der Waals surface area (Å²) in [5.74, 6) is -0.535. The van der Waals surface area contributed by atoms with Gasteiger partial charge in [-0.3, -0.25) is 24.1 Å². The number of anilines is 2. The van der Waals surface area contributed by atoms with Crippen LogP contribution < -0.4 is 30.5 Å². The van der Waals surface area contributed by atoms with Crippen molar-refractivity contribution in [1.82, 2.24) is 40.3 Å². The summed E-state index contributed by atoms with van der Waals surface area (Å²) in [5.41, 5.74) is 4.98. The Balaban J connectivity index is 0.000000223. The lowest BCUT2D eigenvalue weighted by Crippen LogP contribution is -2.53. The Morgan fingerprint density at radius 3 is 2.37 bits per heavy atom. The van der Waals surface area contributed by atoms with Crippen molar-refractivity contribution < 1.29 is 37.5 Å². The first-order chi connectivity index (χ1) is 34.3. The minimum Gasteiger partial charge on any atom is -0.492 e. The number of benzene rings is 2. The van der Waals surface area contributed by atoms with Gasteiger partial charge in [-0.1, -0.05) is 0 Å². The molecule has 2 aromatic carbocycles. The number of unbranched alkanes of at least 4 members (excludes halogenated alkanes) is 1. The van der Waals surface area contributed by atoms with Crippen molar-refractivity contribution in [2.24, 2.45) is 0 Å². The van der Waals surface area contributed by atoms with E-state index < -0.39 is 23.1 Å². The minimum atomic E-state index is -0.754. The molecule has 0 spiro atoms. The van der Waals surface area contributed by atoms with Crippen LogP contribution in [-0.4, -0.2) is 133 Å². The molecule has 3 aliphatic rings. The molecule has 2 fully saturated rings. The van der Waals surface area contributed by atoms with E-state index in [-0.39, 0.29) is 17.5 Å². The van der Waals surface area contributed by atoms with Crippen molar-refractivity contribution in [3.05, 3.63) is 107 Å². The first-order valence-corrected chi connectivity index (χ1v) is 24.0. The fraction of sp³-hybridized carbons (Fsp3) is 0.423. The lowest BCUT2D eigenvalue weighted by atomic mass is 9.89. The number of aromatic nitrogens is 3. The molecule has 4 amide bonds. The van der Waals surface area contributed by atoms with E-state index in [1.807, 2.05) is 49.9 Å². The molecule has 17 nitrogen and oxygen atoms in total. The molecule has 8 rings (SSSR count). The fourth-order valence-corrected chi connectivity index (χ4v) is 8.94. The van der Waals surface area contributed by atoms with E-state index in [2.05, 4.69) is 58.9 Å². The van der Waals surface area contributed by atoms with Gasteiger partial charge in [-0.05, 0) is 120 Å². The van der Waals surface area contributed by atoms with Crippen molar-refractivity contribution in [1.29, 1.82) is 5.26 Å². The van der Waals surface area contributed by atoms with Crippen molar-refractivity contribution in [2.45, 2.75) is 77.4 Å². The van der Waals surface area contributed by atoms with E-state index in [1.165, 1.54) is 11.9 Å². The topological polar surface area (TPSA) is 198 Å². The number of amides is 4. The maximum atomic E-state index is 14.0. The molecule has 0 radical (unpaired) electrons. The third-order valence-corrected chi connectivity index (χ3v) is 13.0. The number of ether oxygens (including phenoxy) is 1. The zero-order valence-corrected chi connectivity index (χ0v) is 40.8. The number of nitriles is 1. The highest BCUT2D eigenvalue weighted by Gasteiger charge is 2.34. The average Bonchev–Trinajstić information content (AvgIpc) is 3.96. The van der Waals surface area contributed by atoms with Gasteiger partial charge in [0.05, 0.1) is 35.6 Å². The van der Waals surface area contributed by atoms with Crippen LogP contribution in [0.15, 0.2) is 73.2 Å². The van der Waals surface area contributed by atoms with Gasteiger partial charge in [0.15, 0.2) is 0 Å². The van der Waals surface area contributed by atoms with Crippen LogP contribution in [0.5, 0.6) is 5.75 Å². The summed E-state index contributed by atoms with van der Waals surface area (Å²) in [7, 11) is 1.56. The molecule has 0 saturated carbocycles. The number of piperidine rings is 1. The van der Waals surface area contributed by atoms with Crippen LogP contribution in [0.1, 0.15) is 91.1 Å². The van der Waals surface area contributed by atoms with Crippen LogP contribution in [0, 0.1) is 23.0 Å². The van der Waals surface area contributed by atoms with Gasteiger partial charge in [0, 0.05) is 106 Å². The molecule has 5 aromatic rings. The minimum absolute atomic E-state index is 0.0776. The highest BCUT2D eigenvalue weighted by Crippen LogP contribution is 2.33. The van der Waals surface area contributed by atoms with E-state index >= 15 is 0 Å². The van der Waals surface area contributed by atoms with Crippen LogP contribution in [-0.2, 0) is 20.9 Å². The van der Waals surface area contributed by atoms with E-state index in [0.717, 1.165) is 111 Å². The molecule has 3 aromatic heterocycles. The number of hydrogen-bond acceptors (Lipinski definition) is 12. The number of hydrogen-bond donors (Lipinski definition) is 3. The number of pyridine rings is 2. The van der Waals surface area contributed by atoms with Gasteiger partial charge < -0.3 is 40.2 Å². The van der Waals surface area contributed by atoms with Crippen molar-refractivity contribution in [3.8, 4) is 22.9 Å². The van der Waals surface area contributed by atoms with Crippen molar-refractivity contribution >= 4 is 47.9 Å². The number of carbonyl (C=O) groups is 5. The Hall–Kier alpha value is -7.46. The van der Waals surface area contributed by atoms with E-state index in [9.17, 15) is 33.2 Å². The van der Waals surface area contributed by atoms with Gasteiger partial charge in [0.1, 0.15) is 35.6 Å². The predicted octanol–water partition coefficient (Wildman–Crippen LogP) is 5.75. The normalized spacial score (nSPS) is 15.5. The van der Waals surface area contributed by atoms with E-state index in [1.54, 1.807) is 24.0 Å². The molecule has 6 heterocycles. The van der Waals surface area contributed by atoms with Gasteiger partial charge in [-0.25, -0.2) is 18.3 Å². The van der Waals surface area contributed by atoms with E-state index in [0.29, 0.717) is 75.2 Å². The van der Waals surface area contributed by atoms with Gasteiger partial charge in [-0.15, -0.1) is 0 Å². The molecule has 71 heavy (non-hydrogen) atoms. The predicted molar refractivity (Wildman–Crippen MR) is 266 cm³/mol.